The van der Waals surface area contributed by atoms with Crippen LogP contribution in [0.2, 0.25) is 0 Å². The molecule has 0 saturated heterocycles. The molecule has 0 bridgehead atoms. The number of hydrogen-bond donors (Lipinski definition) is 2. The Morgan fingerprint density at radius 3 is 2.29 bits per heavy atom. The standard InChI is InChI=1S/C21H27O2P/c1-14-2-4-15(5-3-14)6-7-17-10-13-19(21(24)20(17)23)16-8-11-18(22)12-9-16/h2-5,10,13,16,18,22-23H,6-9,11-12,24H2,1H3. The van der Waals surface area contributed by atoms with E-state index in [4.69, 9.17) is 0 Å². The average molecular weight is 342 g/mol. The van der Waals surface area contributed by atoms with Crippen LogP contribution < -0.4 is 5.30 Å². The van der Waals surface area contributed by atoms with Gasteiger partial charge in [-0.15, -0.1) is 9.24 Å². The molecule has 2 aromatic rings. The van der Waals surface area contributed by atoms with Crippen LogP contribution in [0.15, 0.2) is 36.4 Å². The topological polar surface area (TPSA) is 40.5 Å². The summed E-state index contributed by atoms with van der Waals surface area (Å²) < 4.78 is 0. The fourth-order valence-corrected chi connectivity index (χ4v) is 4.16. The van der Waals surface area contributed by atoms with Crippen molar-refractivity contribution in [1.29, 1.82) is 0 Å². The van der Waals surface area contributed by atoms with Gasteiger partial charge in [0, 0.05) is 5.30 Å². The third-order valence-electron chi connectivity index (χ3n) is 5.27. The number of aromatic hydroxyl groups is 1. The highest BCUT2D eigenvalue weighted by atomic mass is 31.0. The summed E-state index contributed by atoms with van der Waals surface area (Å²) >= 11 is 0. The minimum atomic E-state index is -0.142. The summed E-state index contributed by atoms with van der Waals surface area (Å²) in [5, 5.41) is 21.2. The first-order chi connectivity index (χ1) is 11.5. The van der Waals surface area contributed by atoms with E-state index in [1.54, 1.807) is 0 Å². The molecule has 0 aromatic heterocycles. The van der Waals surface area contributed by atoms with Crippen LogP contribution >= 0.6 is 9.24 Å². The largest absolute Gasteiger partial charge is 0.507 e. The molecule has 1 unspecified atom stereocenters. The Morgan fingerprint density at radius 1 is 0.958 bits per heavy atom. The molecule has 0 heterocycles. The molecular weight excluding hydrogens is 315 g/mol. The molecule has 2 aromatic carbocycles. The van der Waals surface area contributed by atoms with Crippen LogP contribution in [0.25, 0.3) is 0 Å². The summed E-state index contributed by atoms with van der Waals surface area (Å²) in [4.78, 5) is 0. The SMILES string of the molecule is Cc1ccc(CCc2ccc(C3CCC(O)CC3)c(P)c2O)cc1. The van der Waals surface area contributed by atoms with Crippen molar-refractivity contribution in [3.05, 3.63) is 58.7 Å². The summed E-state index contributed by atoms with van der Waals surface area (Å²) in [7, 11) is 2.73. The van der Waals surface area contributed by atoms with Gasteiger partial charge in [-0.2, -0.15) is 0 Å². The highest BCUT2D eigenvalue weighted by Gasteiger charge is 2.23. The average Bonchev–Trinajstić information content (AvgIpc) is 2.59. The molecule has 1 aliphatic rings. The number of phenolic OH excluding ortho intramolecular Hbond substituents is 1. The monoisotopic (exact) mass is 342 g/mol. The number of hydrogen-bond acceptors (Lipinski definition) is 2. The van der Waals surface area contributed by atoms with Crippen LogP contribution in [0.1, 0.15) is 53.9 Å². The second kappa shape index (κ2) is 7.68. The lowest BCUT2D eigenvalue weighted by Gasteiger charge is -2.27. The Labute approximate surface area is 147 Å². The van der Waals surface area contributed by atoms with E-state index in [1.165, 1.54) is 16.7 Å². The molecule has 128 valence electrons. The third-order valence-corrected chi connectivity index (χ3v) is 5.88. The van der Waals surface area contributed by atoms with Crippen LogP contribution in [-0.4, -0.2) is 16.3 Å². The minimum Gasteiger partial charge on any atom is -0.507 e. The van der Waals surface area contributed by atoms with Gasteiger partial charge in [-0.05, 0) is 68.1 Å². The summed E-state index contributed by atoms with van der Waals surface area (Å²) in [5.41, 5.74) is 4.81. The molecule has 24 heavy (non-hydrogen) atoms. The van der Waals surface area contributed by atoms with E-state index in [-0.39, 0.29) is 6.10 Å². The number of aryl methyl sites for hydroxylation is 3. The van der Waals surface area contributed by atoms with Gasteiger partial charge in [0.25, 0.3) is 0 Å². The second-order valence-corrected chi connectivity index (χ2v) is 7.64. The Hall–Kier alpha value is -1.37. The molecule has 0 amide bonds. The predicted molar refractivity (Wildman–Crippen MR) is 103 cm³/mol. The smallest absolute Gasteiger partial charge is 0.126 e. The quantitative estimate of drug-likeness (QED) is 0.825. The molecule has 0 aliphatic heterocycles. The van der Waals surface area contributed by atoms with Crippen molar-refractivity contribution < 1.29 is 10.2 Å². The molecular formula is C21H27O2P. The van der Waals surface area contributed by atoms with E-state index < -0.39 is 0 Å². The fraction of sp³-hybridized carbons (Fsp3) is 0.429. The summed E-state index contributed by atoms with van der Waals surface area (Å²) in [6, 6.07) is 12.9. The van der Waals surface area contributed by atoms with Gasteiger partial charge in [-0.3, -0.25) is 0 Å². The van der Waals surface area contributed by atoms with E-state index in [1.807, 2.05) is 0 Å². The van der Waals surface area contributed by atoms with Gasteiger partial charge in [-0.1, -0.05) is 42.0 Å². The molecule has 0 radical (unpaired) electrons. The van der Waals surface area contributed by atoms with Crippen molar-refractivity contribution in [2.24, 2.45) is 0 Å². The van der Waals surface area contributed by atoms with Crippen molar-refractivity contribution in [2.45, 2.75) is 57.5 Å². The molecule has 1 aliphatic carbocycles. The van der Waals surface area contributed by atoms with Gasteiger partial charge < -0.3 is 10.2 Å². The Bertz CT molecular complexity index is 686. The van der Waals surface area contributed by atoms with Crippen molar-refractivity contribution in [3.8, 4) is 5.75 Å². The van der Waals surface area contributed by atoms with Gasteiger partial charge in [0.05, 0.1) is 6.10 Å². The molecule has 3 rings (SSSR count). The number of rotatable bonds is 4. The number of aliphatic hydroxyl groups excluding tert-OH is 1. The fourth-order valence-electron chi connectivity index (χ4n) is 3.65. The molecule has 1 saturated carbocycles. The summed E-state index contributed by atoms with van der Waals surface area (Å²) in [5.74, 6) is 0.883. The summed E-state index contributed by atoms with van der Waals surface area (Å²) in [6.07, 6.45) is 5.38. The van der Waals surface area contributed by atoms with Crippen LogP contribution in [0.3, 0.4) is 0 Å². The Morgan fingerprint density at radius 2 is 1.62 bits per heavy atom. The number of phenols is 1. The van der Waals surface area contributed by atoms with Crippen LogP contribution in [0, 0.1) is 6.92 Å². The van der Waals surface area contributed by atoms with Gasteiger partial charge in [0.2, 0.25) is 0 Å². The number of aliphatic hydroxyl groups is 1. The zero-order valence-electron chi connectivity index (χ0n) is 14.3. The zero-order chi connectivity index (χ0) is 17.1. The van der Waals surface area contributed by atoms with Crippen molar-refractivity contribution in [2.75, 3.05) is 0 Å². The number of benzene rings is 2. The Kier molecular flexibility index (Phi) is 5.58. The van der Waals surface area contributed by atoms with E-state index in [0.717, 1.165) is 49.4 Å². The van der Waals surface area contributed by atoms with Crippen molar-refractivity contribution >= 4 is 14.5 Å². The van der Waals surface area contributed by atoms with Crippen molar-refractivity contribution in [3.63, 3.8) is 0 Å². The zero-order valence-corrected chi connectivity index (χ0v) is 15.5. The van der Waals surface area contributed by atoms with E-state index in [9.17, 15) is 10.2 Å². The lowest BCUT2D eigenvalue weighted by atomic mass is 9.82. The van der Waals surface area contributed by atoms with Crippen LogP contribution in [0.4, 0.5) is 0 Å². The molecule has 2 nitrogen and oxygen atoms in total. The maximum Gasteiger partial charge on any atom is 0.126 e. The first-order valence-corrected chi connectivity index (χ1v) is 9.46. The van der Waals surface area contributed by atoms with E-state index in [0.29, 0.717) is 11.7 Å². The van der Waals surface area contributed by atoms with E-state index in [2.05, 4.69) is 52.6 Å². The van der Waals surface area contributed by atoms with Crippen LogP contribution in [0.5, 0.6) is 5.75 Å². The third kappa shape index (κ3) is 3.99. The highest BCUT2D eigenvalue weighted by molar-refractivity contribution is 7.28. The lowest BCUT2D eigenvalue weighted by molar-refractivity contribution is 0.122. The molecule has 1 fully saturated rings. The normalized spacial score (nSPS) is 21.0. The van der Waals surface area contributed by atoms with E-state index >= 15 is 0 Å². The van der Waals surface area contributed by atoms with Crippen molar-refractivity contribution in [1.82, 2.24) is 0 Å². The van der Waals surface area contributed by atoms with Crippen LogP contribution in [-0.2, 0) is 12.8 Å². The summed E-state index contributed by atoms with van der Waals surface area (Å²) in [6.45, 7) is 2.10. The molecule has 3 heteroatoms. The molecule has 2 N–H and O–H groups in total. The lowest BCUT2D eigenvalue weighted by Crippen LogP contribution is -2.20. The first kappa shape index (κ1) is 17.5. The van der Waals surface area contributed by atoms with Gasteiger partial charge in [0.1, 0.15) is 5.75 Å². The minimum absolute atomic E-state index is 0.142. The van der Waals surface area contributed by atoms with Gasteiger partial charge in [0.15, 0.2) is 0 Å². The second-order valence-electron chi connectivity index (χ2n) is 7.07. The Balaban J connectivity index is 1.71. The van der Waals surface area contributed by atoms with Gasteiger partial charge >= 0.3 is 0 Å². The highest BCUT2D eigenvalue weighted by Crippen LogP contribution is 2.35. The van der Waals surface area contributed by atoms with Gasteiger partial charge in [-0.25, -0.2) is 0 Å². The molecule has 1 atom stereocenters. The first-order valence-electron chi connectivity index (χ1n) is 8.88. The maximum absolute atomic E-state index is 10.6. The molecule has 0 spiro atoms. The predicted octanol–water partition coefficient (Wildman–Crippen LogP) is 4.00. The maximum atomic E-state index is 10.6.